The number of H-pyrrole nitrogens is 1. The van der Waals surface area contributed by atoms with Crippen molar-refractivity contribution in [2.24, 2.45) is 0 Å². The Balaban J connectivity index is 1.31. The zero-order valence-corrected chi connectivity index (χ0v) is 17.5. The van der Waals surface area contributed by atoms with Gasteiger partial charge in [-0.05, 0) is 51.7 Å². The Bertz CT molecular complexity index is 1040. The van der Waals surface area contributed by atoms with Crippen LogP contribution in [0, 0.1) is 13.8 Å². The van der Waals surface area contributed by atoms with Gasteiger partial charge >= 0.3 is 0 Å². The summed E-state index contributed by atoms with van der Waals surface area (Å²) in [6.07, 6.45) is 4.90. The SMILES string of the molecule is Cc1cc(-c2csc(NC(=O)c3cc(C4CC4)[nH]n3)n2)c(C)n1C[C@H]1CCCO1. The van der Waals surface area contributed by atoms with Gasteiger partial charge in [0.1, 0.15) is 0 Å². The Hall–Kier alpha value is -2.45. The number of carbonyl (C=O) groups excluding carboxylic acids is 1. The zero-order chi connectivity index (χ0) is 20.0. The maximum Gasteiger partial charge on any atom is 0.277 e. The van der Waals surface area contributed by atoms with Crippen LogP contribution in [0.2, 0.25) is 0 Å². The smallest absolute Gasteiger partial charge is 0.277 e. The second-order valence-corrected chi connectivity index (χ2v) is 8.86. The number of rotatable bonds is 6. The lowest BCUT2D eigenvalue weighted by Crippen LogP contribution is -2.16. The molecule has 1 amide bonds. The average molecular weight is 412 g/mol. The molecule has 1 saturated heterocycles. The molecule has 0 radical (unpaired) electrons. The van der Waals surface area contributed by atoms with Crippen molar-refractivity contribution in [3.05, 3.63) is 40.3 Å². The fourth-order valence-corrected chi connectivity index (χ4v) is 4.71. The lowest BCUT2D eigenvalue weighted by molar-refractivity contribution is 0.0962. The van der Waals surface area contributed by atoms with Crippen LogP contribution in [0.4, 0.5) is 5.13 Å². The van der Waals surface area contributed by atoms with Gasteiger partial charge in [0.2, 0.25) is 0 Å². The summed E-state index contributed by atoms with van der Waals surface area (Å²) in [4.78, 5) is 17.1. The molecule has 2 aliphatic rings. The highest BCUT2D eigenvalue weighted by molar-refractivity contribution is 7.14. The third-order valence-corrected chi connectivity index (χ3v) is 6.59. The Morgan fingerprint density at radius 3 is 2.97 bits per heavy atom. The highest BCUT2D eigenvalue weighted by atomic mass is 32.1. The summed E-state index contributed by atoms with van der Waals surface area (Å²) < 4.78 is 8.11. The van der Waals surface area contributed by atoms with E-state index in [1.165, 1.54) is 35.6 Å². The van der Waals surface area contributed by atoms with Crippen molar-refractivity contribution < 1.29 is 9.53 Å². The van der Waals surface area contributed by atoms with Crippen molar-refractivity contribution in [3.63, 3.8) is 0 Å². The van der Waals surface area contributed by atoms with Gasteiger partial charge in [0.15, 0.2) is 10.8 Å². The minimum Gasteiger partial charge on any atom is -0.376 e. The van der Waals surface area contributed by atoms with E-state index in [0.29, 0.717) is 22.8 Å². The summed E-state index contributed by atoms with van der Waals surface area (Å²) in [5, 5.41) is 12.6. The summed E-state index contributed by atoms with van der Waals surface area (Å²) in [6, 6.07) is 4.01. The van der Waals surface area contributed by atoms with Gasteiger partial charge in [0.05, 0.1) is 11.8 Å². The molecule has 5 rings (SSSR count). The molecular weight excluding hydrogens is 386 g/mol. The van der Waals surface area contributed by atoms with Crippen molar-refractivity contribution >= 4 is 22.4 Å². The van der Waals surface area contributed by atoms with E-state index in [1.807, 2.05) is 11.4 Å². The van der Waals surface area contributed by atoms with E-state index in [0.717, 1.165) is 42.9 Å². The lowest BCUT2D eigenvalue weighted by Gasteiger charge is -2.14. The molecule has 2 fully saturated rings. The number of aryl methyl sites for hydroxylation is 1. The van der Waals surface area contributed by atoms with Crippen LogP contribution in [0.15, 0.2) is 17.5 Å². The van der Waals surface area contributed by atoms with Crippen LogP contribution in [0.3, 0.4) is 0 Å². The molecule has 1 saturated carbocycles. The molecule has 4 heterocycles. The molecule has 3 aromatic rings. The average Bonchev–Trinajstić information content (AvgIpc) is 3.13. The number of aromatic amines is 1. The molecule has 0 unspecified atom stereocenters. The number of aromatic nitrogens is 4. The van der Waals surface area contributed by atoms with Crippen LogP contribution in [-0.2, 0) is 11.3 Å². The van der Waals surface area contributed by atoms with E-state index in [1.54, 1.807) is 0 Å². The van der Waals surface area contributed by atoms with Gasteiger partial charge in [-0.2, -0.15) is 5.10 Å². The van der Waals surface area contributed by atoms with Crippen molar-refractivity contribution in [2.45, 2.75) is 58.1 Å². The van der Waals surface area contributed by atoms with Crippen LogP contribution in [0.5, 0.6) is 0 Å². The van der Waals surface area contributed by atoms with Crippen molar-refractivity contribution in [1.82, 2.24) is 19.7 Å². The van der Waals surface area contributed by atoms with E-state index in [4.69, 9.17) is 4.74 Å². The third-order valence-electron chi connectivity index (χ3n) is 5.83. The van der Waals surface area contributed by atoms with Crippen LogP contribution in [0.25, 0.3) is 11.3 Å². The first-order valence-corrected chi connectivity index (χ1v) is 11.1. The van der Waals surface area contributed by atoms with Crippen molar-refractivity contribution in [3.8, 4) is 11.3 Å². The minimum absolute atomic E-state index is 0.224. The largest absolute Gasteiger partial charge is 0.376 e. The molecule has 1 aliphatic heterocycles. The number of carbonyl (C=O) groups is 1. The van der Waals surface area contributed by atoms with Crippen molar-refractivity contribution in [1.29, 1.82) is 0 Å². The highest BCUT2D eigenvalue weighted by Gasteiger charge is 2.27. The van der Waals surface area contributed by atoms with Gasteiger partial charge in [0.25, 0.3) is 5.91 Å². The Morgan fingerprint density at radius 2 is 2.21 bits per heavy atom. The quantitative estimate of drug-likeness (QED) is 0.635. The number of ether oxygens (including phenoxy) is 1. The van der Waals surface area contributed by atoms with Gasteiger partial charge in [-0.25, -0.2) is 4.98 Å². The van der Waals surface area contributed by atoms with Crippen molar-refractivity contribution in [2.75, 3.05) is 11.9 Å². The molecule has 152 valence electrons. The summed E-state index contributed by atoms with van der Waals surface area (Å²) in [5.74, 6) is 0.318. The van der Waals surface area contributed by atoms with Crippen LogP contribution in [0.1, 0.15) is 59.2 Å². The van der Waals surface area contributed by atoms with Gasteiger partial charge in [-0.15, -0.1) is 11.3 Å². The number of nitrogens with zero attached hydrogens (tertiary/aromatic N) is 3. The van der Waals surface area contributed by atoms with E-state index >= 15 is 0 Å². The van der Waals surface area contributed by atoms with E-state index in [9.17, 15) is 4.79 Å². The maximum absolute atomic E-state index is 12.5. The number of hydrogen-bond acceptors (Lipinski definition) is 5. The molecule has 0 aromatic carbocycles. The molecule has 8 heteroatoms. The Labute approximate surface area is 173 Å². The molecule has 0 spiro atoms. The van der Waals surface area contributed by atoms with Gasteiger partial charge < -0.3 is 9.30 Å². The monoisotopic (exact) mass is 411 g/mol. The first-order chi connectivity index (χ1) is 14.1. The molecule has 0 bridgehead atoms. The molecule has 2 N–H and O–H groups in total. The number of nitrogens with one attached hydrogen (secondary N) is 2. The first-order valence-electron chi connectivity index (χ1n) is 10.2. The number of anilines is 1. The molecule has 7 nitrogen and oxygen atoms in total. The number of hydrogen-bond donors (Lipinski definition) is 2. The van der Waals surface area contributed by atoms with E-state index in [-0.39, 0.29) is 5.91 Å². The summed E-state index contributed by atoms with van der Waals surface area (Å²) in [7, 11) is 0. The number of thiazole rings is 1. The summed E-state index contributed by atoms with van der Waals surface area (Å²) >= 11 is 1.43. The molecule has 29 heavy (non-hydrogen) atoms. The highest BCUT2D eigenvalue weighted by Crippen LogP contribution is 2.39. The Morgan fingerprint density at radius 1 is 1.34 bits per heavy atom. The van der Waals surface area contributed by atoms with Gasteiger partial charge in [-0.1, -0.05) is 0 Å². The predicted octanol–water partition coefficient (Wildman–Crippen LogP) is 4.26. The third kappa shape index (κ3) is 3.74. The fourth-order valence-electron chi connectivity index (χ4n) is 4.01. The molecule has 3 aromatic heterocycles. The zero-order valence-electron chi connectivity index (χ0n) is 16.7. The topological polar surface area (TPSA) is 84.8 Å². The molecular formula is C21H25N5O2S. The first kappa shape index (κ1) is 18.6. The molecule has 1 atom stereocenters. The van der Waals surface area contributed by atoms with Crippen LogP contribution < -0.4 is 5.32 Å². The minimum atomic E-state index is -0.224. The predicted molar refractivity (Wildman–Crippen MR) is 113 cm³/mol. The summed E-state index contributed by atoms with van der Waals surface area (Å²) in [6.45, 7) is 5.99. The maximum atomic E-state index is 12.5. The summed E-state index contributed by atoms with van der Waals surface area (Å²) in [5.41, 5.74) is 5.84. The van der Waals surface area contributed by atoms with Crippen LogP contribution in [-0.4, -0.2) is 38.4 Å². The van der Waals surface area contributed by atoms with Crippen LogP contribution >= 0.6 is 11.3 Å². The number of amides is 1. The standard InChI is InChI=1S/C21H25N5O2S/c1-12-8-16(13(2)26(12)10-15-4-3-7-28-15)19-11-29-21(22-19)23-20(27)18-9-17(24-25-18)14-5-6-14/h8-9,11,14-15H,3-7,10H2,1-2H3,(H,24,25)(H,22,23,27)/t15-/m1/s1. The van der Waals surface area contributed by atoms with Gasteiger partial charge in [-0.3, -0.25) is 15.2 Å². The van der Waals surface area contributed by atoms with E-state index < -0.39 is 0 Å². The molecule has 1 aliphatic carbocycles. The van der Waals surface area contributed by atoms with E-state index in [2.05, 4.69) is 45.0 Å². The lowest BCUT2D eigenvalue weighted by atomic mass is 10.2. The second kappa shape index (κ2) is 7.42. The van der Waals surface area contributed by atoms with Gasteiger partial charge in [0, 0.05) is 47.1 Å². The normalized spacial score (nSPS) is 19.0. The fraction of sp³-hybridized carbons (Fsp3) is 0.476. The Kier molecular flexibility index (Phi) is 4.75. The second-order valence-electron chi connectivity index (χ2n) is 8.01.